The lowest BCUT2D eigenvalue weighted by molar-refractivity contribution is 0.105. The van der Waals surface area contributed by atoms with E-state index in [1.54, 1.807) is 11.8 Å². The summed E-state index contributed by atoms with van der Waals surface area (Å²) < 4.78 is 0. The molecule has 1 fully saturated rings. The van der Waals surface area contributed by atoms with Crippen LogP contribution in [0.15, 0.2) is 29.2 Å². The summed E-state index contributed by atoms with van der Waals surface area (Å²) in [6.07, 6.45) is 1.69. The predicted octanol–water partition coefficient (Wildman–Crippen LogP) is 1.35. The zero-order chi connectivity index (χ0) is 12.1. The van der Waals surface area contributed by atoms with Crippen molar-refractivity contribution in [3.63, 3.8) is 0 Å². The fraction of sp³-hybridized carbons (Fsp3) is 0.538. The maximum atomic E-state index is 10.2. The highest BCUT2D eigenvalue weighted by Crippen LogP contribution is 2.19. The van der Waals surface area contributed by atoms with Crippen LogP contribution in [0.3, 0.4) is 0 Å². The van der Waals surface area contributed by atoms with Crippen molar-refractivity contribution >= 4 is 11.8 Å². The molecule has 1 aromatic rings. The van der Waals surface area contributed by atoms with Crippen molar-refractivity contribution in [2.45, 2.75) is 11.0 Å². The third kappa shape index (κ3) is 3.71. The molecule has 3 nitrogen and oxygen atoms in total. The first-order valence-electron chi connectivity index (χ1n) is 6.04. The van der Waals surface area contributed by atoms with Gasteiger partial charge in [-0.05, 0) is 24.0 Å². The number of aliphatic hydroxyl groups excluding tert-OH is 1. The average molecular weight is 252 g/mol. The van der Waals surface area contributed by atoms with Gasteiger partial charge in [-0.1, -0.05) is 12.1 Å². The number of benzene rings is 1. The van der Waals surface area contributed by atoms with Crippen LogP contribution in [0, 0.1) is 0 Å². The van der Waals surface area contributed by atoms with Crippen LogP contribution in [0.5, 0.6) is 0 Å². The van der Waals surface area contributed by atoms with Crippen molar-refractivity contribution in [2.24, 2.45) is 0 Å². The van der Waals surface area contributed by atoms with Gasteiger partial charge >= 0.3 is 0 Å². The minimum Gasteiger partial charge on any atom is -0.387 e. The first kappa shape index (κ1) is 12.9. The Kier molecular flexibility index (Phi) is 4.86. The van der Waals surface area contributed by atoms with E-state index in [-0.39, 0.29) is 6.10 Å². The molecule has 4 heteroatoms. The molecule has 0 aromatic heterocycles. The molecule has 0 saturated carbocycles. The molecule has 1 aliphatic heterocycles. The molecular weight excluding hydrogens is 232 g/mol. The molecule has 1 saturated heterocycles. The van der Waals surface area contributed by atoms with Crippen molar-refractivity contribution in [3.8, 4) is 0 Å². The molecule has 94 valence electrons. The largest absolute Gasteiger partial charge is 0.387 e. The lowest BCUT2D eigenvalue weighted by Gasteiger charge is -2.29. The van der Waals surface area contributed by atoms with Gasteiger partial charge in [0.05, 0.1) is 6.10 Å². The summed E-state index contributed by atoms with van der Waals surface area (Å²) >= 11 is 1.72. The third-order valence-corrected chi connectivity index (χ3v) is 3.88. The van der Waals surface area contributed by atoms with Crippen LogP contribution < -0.4 is 5.32 Å². The van der Waals surface area contributed by atoms with Gasteiger partial charge in [-0.25, -0.2) is 0 Å². The Morgan fingerprint density at radius 1 is 1.29 bits per heavy atom. The molecule has 1 aliphatic rings. The molecule has 0 spiro atoms. The highest BCUT2D eigenvalue weighted by atomic mass is 32.2. The van der Waals surface area contributed by atoms with Crippen molar-refractivity contribution in [2.75, 3.05) is 39.0 Å². The molecule has 0 bridgehead atoms. The molecule has 0 aliphatic carbocycles. The van der Waals surface area contributed by atoms with Gasteiger partial charge in [0.25, 0.3) is 0 Å². The lowest BCUT2D eigenvalue weighted by atomic mass is 10.1. The maximum absolute atomic E-state index is 10.2. The molecule has 17 heavy (non-hydrogen) atoms. The smallest absolute Gasteiger partial charge is 0.0916 e. The Morgan fingerprint density at radius 2 is 1.94 bits per heavy atom. The van der Waals surface area contributed by atoms with Gasteiger partial charge in [0.2, 0.25) is 0 Å². The van der Waals surface area contributed by atoms with Crippen LogP contribution in [-0.2, 0) is 0 Å². The van der Waals surface area contributed by atoms with Gasteiger partial charge in [0.15, 0.2) is 0 Å². The second-order valence-electron chi connectivity index (χ2n) is 4.34. The van der Waals surface area contributed by atoms with Crippen molar-refractivity contribution in [3.05, 3.63) is 29.8 Å². The number of piperazine rings is 1. The van der Waals surface area contributed by atoms with Crippen molar-refractivity contribution in [1.82, 2.24) is 10.2 Å². The van der Waals surface area contributed by atoms with Crippen molar-refractivity contribution in [1.29, 1.82) is 0 Å². The van der Waals surface area contributed by atoms with E-state index in [0.717, 1.165) is 38.3 Å². The molecule has 2 N–H and O–H groups in total. The minimum atomic E-state index is -0.371. The van der Waals surface area contributed by atoms with Crippen LogP contribution in [0.1, 0.15) is 11.7 Å². The third-order valence-electron chi connectivity index (χ3n) is 3.14. The molecule has 1 aromatic carbocycles. The second-order valence-corrected chi connectivity index (χ2v) is 5.22. The molecule has 2 rings (SSSR count). The number of thioether (sulfide) groups is 1. The van der Waals surface area contributed by atoms with Crippen LogP contribution in [0.4, 0.5) is 0 Å². The Bertz CT molecular complexity index is 336. The van der Waals surface area contributed by atoms with Crippen LogP contribution in [-0.4, -0.2) is 49.0 Å². The van der Waals surface area contributed by atoms with Crippen LogP contribution in [0.25, 0.3) is 0 Å². The summed E-state index contributed by atoms with van der Waals surface area (Å²) in [7, 11) is 0. The standard InChI is InChI=1S/C13H20N2OS/c1-17-12-4-2-11(3-5-12)13(16)10-15-8-6-14-7-9-15/h2-5,13-14,16H,6-10H2,1H3. The van der Waals surface area contributed by atoms with Gasteiger partial charge in [-0.3, -0.25) is 4.90 Å². The fourth-order valence-electron chi connectivity index (χ4n) is 2.07. The monoisotopic (exact) mass is 252 g/mol. The van der Waals surface area contributed by atoms with E-state index in [1.165, 1.54) is 4.90 Å². The van der Waals surface area contributed by atoms with Crippen LogP contribution in [0.2, 0.25) is 0 Å². The topological polar surface area (TPSA) is 35.5 Å². The van der Waals surface area contributed by atoms with Crippen molar-refractivity contribution < 1.29 is 5.11 Å². The number of hydrogen-bond acceptors (Lipinski definition) is 4. The Morgan fingerprint density at radius 3 is 2.53 bits per heavy atom. The molecule has 0 radical (unpaired) electrons. The molecule has 1 atom stereocenters. The second kappa shape index (κ2) is 6.40. The summed E-state index contributed by atoms with van der Waals surface area (Å²) in [5.74, 6) is 0. The Hall–Kier alpha value is -0.550. The van der Waals surface area contributed by atoms with Gasteiger partial charge in [-0.2, -0.15) is 0 Å². The lowest BCUT2D eigenvalue weighted by Crippen LogP contribution is -2.44. The predicted molar refractivity (Wildman–Crippen MR) is 72.5 cm³/mol. The van der Waals surface area contributed by atoms with Gasteiger partial charge in [0, 0.05) is 37.6 Å². The fourth-order valence-corrected chi connectivity index (χ4v) is 2.48. The maximum Gasteiger partial charge on any atom is 0.0916 e. The van der Waals surface area contributed by atoms with Gasteiger partial charge in [0.1, 0.15) is 0 Å². The van der Waals surface area contributed by atoms with E-state index >= 15 is 0 Å². The summed E-state index contributed by atoms with van der Waals surface area (Å²) in [6, 6.07) is 8.19. The average Bonchev–Trinajstić information content (AvgIpc) is 2.40. The van der Waals surface area contributed by atoms with Gasteiger partial charge in [-0.15, -0.1) is 11.8 Å². The summed E-state index contributed by atoms with van der Waals surface area (Å²) in [4.78, 5) is 3.55. The number of nitrogens with zero attached hydrogens (tertiary/aromatic N) is 1. The number of hydrogen-bond donors (Lipinski definition) is 2. The Labute approximate surface area is 107 Å². The molecule has 0 amide bonds. The summed E-state index contributed by atoms with van der Waals surface area (Å²) in [6.45, 7) is 4.84. The summed E-state index contributed by atoms with van der Waals surface area (Å²) in [5, 5.41) is 13.5. The van der Waals surface area contributed by atoms with E-state index < -0.39 is 0 Å². The van der Waals surface area contributed by atoms with E-state index in [2.05, 4.69) is 28.6 Å². The van der Waals surface area contributed by atoms with E-state index in [4.69, 9.17) is 0 Å². The minimum absolute atomic E-state index is 0.371. The van der Waals surface area contributed by atoms with Gasteiger partial charge < -0.3 is 10.4 Å². The summed E-state index contributed by atoms with van der Waals surface area (Å²) in [5.41, 5.74) is 1.02. The van der Waals surface area contributed by atoms with E-state index in [1.807, 2.05) is 12.1 Å². The number of aliphatic hydroxyl groups is 1. The molecule has 1 heterocycles. The Balaban J connectivity index is 1.91. The highest BCUT2D eigenvalue weighted by molar-refractivity contribution is 7.98. The zero-order valence-corrected chi connectivity index (χ0v) is 11.0. The highest BCUT2D eigenvalue weighted by Gasteiger charge is 2.15. The zero-order valence-electron chi connectivity index (χ0n) is 10.2. The first-order valence-corrected chi connectivity index (χ1v) is 7.27. The quantitative estimate of drug-likeness (QED) is 0.793. The van der Waals surface area contributed by atoms with Crippen LogP contribution >= 0.6 is 11.8 Å². The van der Waals surface area contributed by atoms with E-state index in [0.29, 0.717) is 0 Å². The first-order chi connectivity index (χ1) is 8.29. The van der Waals surface area contributed by atoms with E-state index in [9.17, 15) is 5.11 Å². The molecule has 1 unspecified atom stereocenters. The number of β-amino-alcohol motifs (C(OH)–C–C–N with tert-alkyl or cyclic N) is 1. The number of nitrogens with one attached hydrogen (secondary N) is 1. The SMILES string of the molecule is CSc1ccc(C(O)CN2CCNCC2)cc1. The number of rotatable bonds is 4. The normalized spacial score (nSPS) is 19.2. The molecular formula is C13H20N2OS.